The number of aromatic nitrogens is 2. The molecule has 0 aliphatic rings. The number of phenolic OH excluding ortho intramolecular Hbond substituents is 1. The van der Waals surface area contributed by atoms with Gasteiger partial charge < -0.3 is 10.1 Å². The molecule has 5 heteroatoms. The summed E-state index contributed by atoms with van der Waals surface area (Å²) in [5.41, 5.74) is 3.81. The summed E-state index contributed by atoms with van der Waals surface area (Å²) < 4.78 is 0. The average Bonchev–Trinajstić information content (AvgIpc) is 3.10. The quantitative estimate of drug-likeness (QED) is 0.430. The molecule has 3 aromatic carbocycles. The molecule has 3 nitrogen and oxygen atoms in total. The van der Waals surface area contributed by atoms with Gasteiger partial charge in [-0.05, 0) is 18.2 Å². The number of imidazole rings is 1. The third kappa shape index (κ3) is 2.96. The highest BCUT2D eigenvalue weighted by Gasteiger charge is 2.19. The minimum Gasteiger partial charge on any atom is -0.507 e. The Kier molecular flexibility index (Phi) is 4.41. The van der Waals surface area contributed by atoms with Crippen molar-refractivity contribution in [1.82, 2.24) is 9.97 Å². The molecule has 0 unspecified atom stereocenters. The van der Waals surface area contributed by atoms with Crippen molar-refractivity contribution in [2.24, 2.45) is 0 Å². The molecule has 1 aromatic heterocycles. The molecular formula is C21H14Cl2N2O. The summed E-state index contributed by atoms with van der Waals surface area (Å²) in [5, 5.41) is 11.1. The molecule has 0 amide bonds. The lowest BCUT2D eigenvalue weighted by Gasteiger charge is -2.06. The van der Waals surface area contributed by atoms with Gasteiger partial charge in [0, 0.05) is 11.1 Å². The fourth-order valence-electron chi connectivity index (χ4n) is 2.87. The maximum absolute atomic E-state index is 10.2. The van der Waals surface area contributed by atoms with Crippen LogP contribution in [0, 0.1) is 0 Å². The van der Waals surface area contributed by atoms with E-state index in [1.54, 1.807) is 18.2 Å². The molecule has 0 atom stereocenters. The third-order valence-corrected chi connectivity index (χ3v) is 4.95. The van der Waals surface area contributed by atoms with Gasteiger partial charge in [-0.1, -0.05) is 77.8 Å². The van der Waals surface area contributed by atoms with Crippen molar-refractivity contribution in [2.75, 3.05) is 0 Å². The van der Waals surface area contributed by atoms with Crippen molar-refractivity contribution in [3.63, 3.8) is 0 Å². The number of benzene rings is 3. The Hall–Kier alpha value is -2.75. The van der Waals surface area contributed by atoms with E-state index in [1.165, 1.54) is 0 Å². The molecule has 0 saturated heterocycles. The van der Waals surface area contributed by atoms with Crippen LogP contribution in [-0.4, -0.2) is 15.1 Å². The van der Waals surface area contributed by atoms with E-state index in [0.717, 1.165) is 22.5 Å². The van der Waals surface area contributed by atoms with E-state index in [2.05, 4.69) is 4.98 Å². The van der Waals surface area contributed by atoms with Crippen molar-refractivity contribution >= 4 is 23.2 Å². The predicted octanol–water partition coefficient (Wildman–Crippen LogP) is 6.42. The Morgan fingerprint density at radius 2 is 1.46 bits per heavy atom. The average molecular weight is 381 g/mol. The minimum atomic E-state index is 0.157. The summed E-state index contributed by atoms with van der Waals surface area (Å²) in [5.74, 6) is 0.720. The van der Waals surface area contributed by atoms with Crippen molar-refractivity contribution in [3.8, 4) is 39.7 Å². The number of hydrogen-bond donors (Lipinski definition) is 2. The summed E-state index contributed by atoms with van der Waals surface area (Å²) in [7, 11) is 0. The molecule has 4 rings (SSSR count). The van der Waals surface area contributed by atoms with Crippen LogP contribution in [0.4, 0.5) is 0 Å². The Morgan fingerprint density at radius 3 is 2.23 bits per heavy atom. The molecule has 0 aliphatic carbocycles. The molecular weight excluding hydrogens is 367 g/mol. The first-order chi connectivity index (χ1) is 12.6. The molecule has 128 valence electrons. The van der Waals surface area contributed by atoms with Crippen LogP contribution < -0.4 is 0 Å². The zero-order valence-electron chi connectivity index (χ0n) is 13.6. The first-order valence-electron chi connectivity index (χ1n) is 8.03. The van der Waals surface area contributed by atoms with E-state index in [4.69, 9.17) is 28.2 Å². The Bertz CT molecular complexity index is 1070. The SMILES string of the molecule is Oc1ccccc1-c1nc(-c2ccccc2)c(-c2cccc(Cl)c2Cl)[nH]1. The van der Waals surface area contributed by atoms with E-state index in [-0.39, 0.29) is 5.75 Å². The van der Waals surface area contributed by atoms with Gasteiger partial charge in [-0.15, -0.1) is 0 Å². The number of rotatable bonds is 3. The summed E-state index contributed by atoms with van der Waals surface area (Å²) in [6, 6.07) is 22.4. The number of nitrogens with one attached hydrogen (secondary N) is 1. The van der Waals surface area contributed by atoms with Gasteiger partial charge >= 0.3 is 0 Å². The molecule has 2 N–H and O–H groups in total. The Labute approximate surface area is 160 Å². The van der Waals surface area contributed by atoms with Gasteiger partial charge in [0.15, 0.2) is 0 Å². The number of phenols is 1. The van der Waals surface area contributed by atoms with Gasteiger partial charge in [0.05, 0.1) is 27.0 Å². The van der Waals surface area contributed by atoms with E-state index < -0.39 is 0 Å². The second-order valence-electron chi connectivity index (χ2n) is 5.79. The van der Waals surface area contributed by atoms with Gasteiger partial charge in [-0.25, -0.2) is 4.98 Å². The normalized spacial score (nSPS) is 10.8. The maximum Gasteiger partial charge on any atom is 0.142 e. The lowest BCUT2D eigenvalue weighted by atomic mass is 10.1. The largest absolute Gasteiger partial charge is 0.507 e. The summed E-state index contributed by atoms with van der Waals surface area (Å²) >= 11 is 12.6. The highest BCUT2D eigenvalue weighted by Crippen LogP contribution is 2.39. The van der Waals surface area contributed by atoms with E-state index in [1.807, 2.05) is 54.6 Å². The predicted molar refractivity (Wildman–Crippen MR) is 107 cm³/mol. The zero-order chi connectivity index (χ0) is 18.1. The van der Waals surface area contributed by atoms with Crippen LogP contribution in [0.25, 0.3) is 33.9 Å². The Balaban J connectivity index is 1.98. The van der Waals surface area contributed by atoms with E-state index in [9.17, 15) is 5.11 Å². The molecule has 1 heterocycles. The molecule has 0 spiro atoms. The van der Waals surface area contributed by atoms with Gasteiger partial charge in [0.2, 0.25) is 0 Å². The topological polar surface area (TPSA) is 48.9 Å². The van der Waals surface area contributed by atoms with Crippen LogP contribution in [0.3, 0.4) is 0 Å². The van der Waals surface area contributed by atoms with Crippen molar-refractivity contribution in [2.45, 2.75) is 0 Å². The Morgan fingerprint density at radius 1 is 0.769 bits per heavy atom. The van der Waals surface area contributed by atoms with E-state index >= 15 is 0 Å². The zero-order valence-corrected chi connectivity index (χ0v) is 15.1. The van der Waals surface area contributed by atoms with Crippen molar-refractivity contribution < 1.29 is 5.11 Å². The monoisotopic (exact) mass is 380 g/mol. The van der Waals surface area contributed by atoms with Crippen molar-refractivity contribution in [3.05, 3.63) is 82.8 Å². The molecule has 0 radical (unpaired) electrons. The van der Waals surface area contributed by atoms with Crippen LogP contribution in [0.1, 0.15) is 0 Å². The van der Waals surface area contributed by atoms with Gasteiger partial charge in [0.1, 0.15) is 11.6 Å². The van der Waals surface area contributed by atoms with Crippen LogP contribution in [-0.2, 0) is 0 Å². The number of aromatic amines is 1. The van der Waals surface area contributed by atoms with Crippen LogP contribution in [0.5, 0.6) is 5.75 Å². The number of hydrogen-bond acceptors (Lipinski definition) is 2. The van der Waals surface area contributed by atoms with Gasteiger partial charge in [-0.3, -0.25) is 0 Å². The molecule has 0 bridgehead atoms. The summed E-state index contributed by atoms with van der Waals surface area (Å²) in [4.78, 5) is 8.05. The maximum atomic E-state index is 10.2. The molecule has 4 aromatic rings. The highest BCUT2D eigenvalue weighted by atomic mass is 35.5. The van der Waals surface area contributed by atoms with Crippen LogP contribution >= 0.6 is 23.2 Å². The number of H-pyrrole nitrogens is 1. The van der Waals surface area contributed by atoms with E-state index in [0.29, 0.717) is 21.4 Å². The lowest BCUT2D eigenvalue weighted by Crippen LogP contribution is -1.85. The summed E-state index contributed by atoms with van der Waals surface area (Å²) in [6.45, 7) is 0. The molecule has 0 saturated carbocycles. The van der Waals surface area contributed by atoms with Gasteiger partial charge in [-0.2, -0.15) is 0 Å². The fraction of sp³-hybridized carbons (Fsp3) is 0. The minimum absolute atomic E-state index is 0.157. The first-order valence-corrected chi connectivity index (χ1v) is 8.79. The lowest BCUT2D eigenvalue weighted by molar-refractivity contribution is 0.477. The van der Waals surface area contributed by atoms with Crippen molar-refractivity contribution in [1.29, 1.82) is 0 Å². The molecule has 0 fully saturated rings. The summed E-state index contributed by atoms with van der Waals surface area (Å²) in [6.07, 6.45) is 0. The number of nitrogens with zero attached hydrogens (tertiary/aromatic N) is 1. The third-order valence-electron chi connectivity index (χ3n) is 4.13. The highest BCUT2D eigenvalue weighted by molar-refractivity contribution is 6.43. The second kappa shape index (κ2) is 6.87. The number of para-hydroxylation sites is 1. The smallest absolute Gasteiger partial charge is 0.142 e. The second-order valence-corrected chi connectivity index (χ2v) is 6.58. The standard InChI is InChI=1S/C21H14Cl2N2O/c22-16-11-6-10-15(18(16)23)20-19(13-7-2-1-3-8-13)24-21(25-20)14-9-4-5-12-17(14)26/h1-12,26H,(H,24,25). The number of aromatic hydroxyl groups is 1. The number of halogens is 2. The molecule has 0 aliphatic heterocycles. The van der Waals surface area contributed by atoms with Crippen LogP contribution in [0.2, 0.25) is 10.0 Å². The molecule has 26 heavy (non-hydrogen) atoms. The first kappa shape index (κ1) is 16.7. The fourth-order valence-corrected chi connectivity index (χ4v) is 3.27. The van der Waals surface area contributed by atoms with Crippen LogP contribution in [0.15, 0.2) is 72.8 Å². The van der Waals surface area contributed by atoms with Gasteiger partial charge in [0.25, 0.3) is 0 Å².